The van der Waals surface area contributed by atoms with E-state index in [-0.39, 0.29) is 11.6 Å². The molecule has 2 aromatic heterocycles. The lowest BCUT2D eigenvalue weighted by molar-refractivity contribution is 0.102. The van der Waals surface area contributed by atoms with Crippen LogP contribution in [0.4, 0.5) is 11.7 Å². The number of carbonyl (C=O) groups excluding carboxylic acids is 1. The van der Waals surface area contributed by atoms with Gasteiger partial charge in [0.2, 0.25) is 0 Å². The van der Waals surface area contributed by atoms with Crippen molar-refractivity contribution in [3.63, 3.8) is 0 Å². The molecule has 0 radical (unpaired) electrons. The lowest BCUT2D eigenvalue weighted by atomic mass is 10.2. The van der Waals surface area contributed by atoms with Gasteiger partial charge in [-0.05, 0) is 13.0 Å². The highest BCUT2D eigenvalue weighted by Gasteiger charge is 2.12. The van der Waals surface area contributed by atoms with Crippen molar-refractivity contribution < 1.29 is 9.32 Å². The van der Waals surface area contributed by atoms with Crippen LogP contribution in [0, 0.1) is 6.92 Å². The van der Waals surface area contributed by atoms with Gasteiger partial charge >= 0.3 is 6.01 Å². The summed E-state index contributed by atoms with van der Waals surface area (Å²) in [4.78, 5) is 19.3. The summed E-state index contributed by atoms with van der Waals surface area (Å²) >= 11 is 0. The van der Waals surface area contributed by atoms with Crippen LogP contribution in [0.25, 0.3) is 0 Å². The number of hydrogen-bond donors (Lipinski definition) is 2. The molecule has 0 saturated heterocycles. The van der Waals surface area contributed by atoms with Gasteiger partial charge < -0.3 is 10.3 Å². The van der Waals surface area contributed by atoms with Crippen LogP contribution in [-0.4, -0.2) is 21.0 Å². The fourth-order valence-electron chi connectivity index (χ4n) is 1.11. The predicted molar refractivity (Wildman–Crippen MR) is 55.6 cm³/mol. The SMILES string of the molecule is Cc1noc(NC(=O)c2cnccc2N)n1. The van der Waals surface area contributed by atoms with Crippen LogP contribution in [-0.2, 0) is 0 Å². The molecule has 82 valence electrons. The lowest BCUT2D eigenvalue weighted by Gasteiger charge is -2.02. The molecule has 2 rings (SSSR count). The van der Waals surface area contributed by atoms with E-state index in [0.717, 1.165) is 0 Å². The monoisotopic (exact) mass is 219 g/mol. The van der Waals surface area contributed by atoms with E-state index in [2.05, 4.69) is 20.4 Å². The number of hydrogen-bond acceptors (Lipinski definition) is 6. The zero-order valence-corrected chi connectivity index (χ0v) is 8.47. The van der Waals surface area contributed by atoms with Gasteiger partial charge in [0.1, 0.15) is 0 Å². The zero-order valence-electron chi connectivity index (χ0n) is 8.47. The van der Waals surface area contributed by atoms with Crippen molar-refractivity contribution in [2.24, 2.45) is 0 Å². The van der Waals surface area contributed by atoms with Gasteiger partial charge in [0, 0.05) is 18.1 Å². The second-order valence-electron chi connectivity index (χ2n) is 3.06. The highest BCUT2D eigenvalue weighted by atomic mass is 16.5. The average Bonchev–Trinajstić information content (AvgIpc) is 2.64. The second-order valence-corrected chi connectivity index (χ2v) is 3.06. The fourth-order valence-corrected chi connectivity index (χ4v) is 1.11. The Bertz CT molecular complexity index is 522. The Labute approximate surface area is 90.7 Å². The Kier molecular flexibility index (Phi) is 2.50. The Balaban J connectivity index is 2.18. The molecule has 3 N–H and O–H groups in total. The number of nitrogen functional groups attached to an aromatic ring is 1. The second kappa shape index (κ2) is 3.97. The molecule has 0 saturated carbocycles. The number of aromatic nitrogens is 3. The molecule has 2 aromatic rings. The maximum Gasteiger partial charge on any atom is 0.328 e. The maximum atomic E-state index is 11.7. The molecule has 1 amide bonds. The number of aryl methyl sites for hydroxylation is 1. The van der Waals surface area contributed by atoms with E-state index < -0.39 is 5.91 Å². The summed E-state index contributed by atoms with van der Waals surface area (Å²) in [6.45, 7) is 1.65. The van der Waals surface area contributed by atoms with E-state index in [4.69, 9.17) is 10.3 Å². The van der Waals surface area contributed by atoms with Gasteiger partial charge in [0.15, 0.2) is 5.82 Å². The van der Waals surface area contributed by atoms with Crippen LogP contribution in [0.15, 0.2) is 23.0 Å². The standard InChI is InChI=1S/C9H9N5O2/c1-5-12-9(16-14-5)13-8(15)6-4-11-3-2-7(6)10/h2-4H,1H3,(H2,10,11)(H,12,13,14,15). The lowest BCUT2D eigenvalue weighted by Crippen LogP contribution is -2.14. The number of nitrogens with one attached hydrogen (secondary N) is 1. The summed E-state index contributed by atoms with van der Waals surface area (Å²) in [5.74, 6) is 0.00343. The van der Waals surface area contributed by atoms with E-state index in [1.54, 1.807) is 6.92 Å². The van der Waals surface area contributed by atoms with Gasteiger partial charge in [0.05, 0.1) is 5.56 Å². The van der Waals surface area contributed by atoms with Crippen molar-refractivity contribution in [2.45, 2.75) is 6.92 Å². The van der Waals surface area contributed by atoms with Crippen molar-refractivity contribution in [3.05, 3.63) is 29.8 Å². The van der Waals surface area contributed by atoms with E-state index in [1.807, 2.05) is 0 Å². The Morgan fingerprint density at radius 1 is 1.56 bits per heavy atom. The molecule has 0 aliphatic rings. The highest BCUT2D eigenvalue weighted by molar-refractivity contribution is 6.06. The van der Waals surface area contributed by atoms with Crippen LogP contribution in [0.3, 0.4) is 0 Å². The van der Waals surface area contributed by atoms with E-state index >= 15 is 0 Å². The van der Waals surface area contributed by atoms with Crippen molar-refractivity contribution in [1.29, 1.82) is 0 Å². The zero-order chi connectivity index (χ0) is 11.5. The molecule has 16 heavy (non-hydrogen) atoms. The first-order valence-electron chi connectivity index (χ1n) is 4.48. The fraction of sp³-hybridized carbons (Fsp3) is 0.111. The number of carbonyl (C=O) groups is 1. The van der Waals surface area contributed by atoms with Crippen LogP contribution in [0.2, 0.25) is 0 Å². The Hall–Kier alpha value is -2.44. The molecule has 7 nitrogen and oxygen atoms in total. The molecule has 2 heterocycles. The molecule has 0 unspecified atom stereocenters. The summed E-state index contributed by atoms with van der Waals surface area (Å²) in [7, 11) is 0. The number of nitrogens with two attached hydrogens (primary N) is 1. The molecular weight excluding hydrogens is 210 g/mol. The third-order valence-corrected chi connectivity index (χ3v) is 1.85. The van der Waals surface area contributed by atoms with Gasteiger partial charge in [0.25, 0.3) is 5.91 Å². The van der Waals surface area contributed by atoms with Crippen molar-refractivity contribution in [3.8, 4) is 0 Å². The van der Waals surface area contributed by atoms with E-state index in [0.29, 0.717) is 11.5 Å². The summed E-state index contributed by atoms with van der Waals surface area (Å²) in [5.41, 5.74) is 6.21. The van der Waals surface area contributed by atoms with Gasteiger partial charge in [-0.15, -0.1) is 0 Å². The topological polar surface area (TPSA) is 107 Å². The van der Waals surface area contributed by atoms with Crippen LogP contribution in [0.1, 0.15) is 16.2 Å². The first-order chi connectivity index (χ1) is 7.66. The third-order valence-electron chi connectivity index (χ3n) is 1.85. The minimum Gasteiger partial charge on any atom is -0.398 e. The van der Waals surface area contributed by atoms with Gasteiger partial charge in [-0.3, -0.25) is 15.1 Å². The van der Waals surface area contributed by atoms with E-state index in [1.165, 1.54) is 18.5 Å². The van der Waals surface area contributed by atoms with Crippen LogP contribution >= 0.6 is 0 Å². The highest BCUT2D eigenvalue weighted by Crippen LogP contribution is 2.11. The van der Waals surface area contributed by atoms with Crippen molar-refractivity contribution >= 4 is 17.6 Å². The maximum absolute atomic E-state index is 11.7. The molecule has 0 aliphatic heterocycles. The number of nitrogens with zero attached hydrogens (tertiary/aromatic N) is 3. The van der Waals surface area contributed by atoms with Crippen LogP contribution in [0.5, 0.6) is 0 Å². The van der Waals surface area contributed by atoms with E-state index in [9.17, 15) is 4.79 Å². The van der Waals surface area contributed by atoms with Crippen molar-refractivity contribution in [2.75, 3.05) is 11.1 Å². The number of pyridine rings is 1. The van der Waals surface area contributed by atoms with Gasteiger partial charge in [-0.1, -0.05) is 5.16 Å². The summed E-state index contributed by atoms with van der Waals surface area (Å²) in [5, 5.41) is 5.96. The first kappa shape index (κ1) is 10.1. The smallest absolute Gasteiger partial charge is 0.328 e. The third kappa shape index (κ3) is 1.97. The number of rotatable bonds is 2. The first-order valence-corrected chi connectivity index (χ1v) is 4.48. The van der Waals surface area contributed by atoms with Gasteiger partial charge in [-0.25, -0.2) is 0 Å². The number of anilines is 2. The molecule has 7 heteroatoms. The summed E-state index contributed by atoms with van der Waals surface area (Å²) < 4.78 is 4.74. The van der Waals surface area contributed by atoms with Crippen LogP contribution < -0.4 is 11.1 Å². The Morgan fingerprint density at radius 3 is 3.00 bits per heavy atom. The minimum atomic E-state index is -0.436. The summed E-state index contributed by atoms with van der Waals surface area (Å²) in [6, 6.07) is 1.57. The molecular formula is C9H9N5O2. The number of amides is 1. The molecule has 0 atom stereocenters. The summed E-state index contributed by atoms with van der Waals surface area (Å²) in [6.07, 6.45) is 2.87. The minimum absolute atomic E-state index is 0.0331. The largest absolute Gasteiger partial charge is 0.398 e. The molecule has 0 aromatic carbocycles. The quantitative estimate of drug-likeness (QED) is 0.766. The Morgan fingerprint density at radius 2 is 2.38 bits per heavy atom. The molecule has 0 spiro atoms. The molecule has 0 aliphatic carbocycles. The normalized spacial score (nSPS) is 10.1. The van der Waals surface area contributed by atoms with Crippen molar-refractivity contribution in [1.82, 2.24) is 15.1 Å². The predicted octanol–water partition coefficient (Wildman–Crippen LogP) is 0.608. The molecule has 0 bridgehead atoms. The molecule has 0 fully saturated rings. The van der Waals surface area contributed by atoms with Gasteiger partial charge in [-0.2, -0.15) is 4.98 Å². The average molecular weight is 219 g/mol.